The van der Waals surface area contributed by atoms with Gasteiger partial charge in [0.1, 0.15) is 6.04 Å². The zero-order valence-electron chi connectivity index (χ0n) is 19.6. The summed E-state index contributed by atoms with van der Waals surface area (Å²) in [5, 5.41) is 8.64. The van der Waals surface area contributed by atoms with E-state index in [1.807, 2.05) is 60.7 Å². The molecule has 10 heteroatoms. The number of hydrogen-bond acceptors (Lipinski definition) is 6. The van der Waals surface area contributed by atoms with E-state index in [0.29, 0.717) is 22.0 Å². The van der Waals surface area contributed by atoms with Crippen molar-refractivity contribution in [1.29, 1.82) is 0 Å². The number of carbonyl (C=O) groups is 3. The van der Waals surface area contributed by atoms with E-state index in [1.54, 1.807) is 0 Å². The molecule has 1 fully saturated rings. The lowest BCUT2D eigenvalue weighted by Gasteiger charge is -2.47. The molecule has 2 aliphatic rings. The van der Waals surface area contributed by atoms with Gasteiger partial charge in [-0.25, -0.2) is 4.79 Å². The Hall–Kier alpha value is -2.95. The lowest BCUT2D eigenvalue weighted by atomic mass is 9.66. The minimum Gasteiger partial charge on any atom is -0.356 e. The van der Waals surface area contributed by atoms with Gasteiger partial charge < -0.3 is 5.32 Å². The van der Waals surface area contributed by atoms with E-state index >= 15 is 0 Å². The summed E-state index contributed by atoms with van der Waals surface area (Å²) in [5.74, 6) is -0.746. The van der Waals surface area contributed by atoms with Crippen molar-refractivity contribution >= 4 is 66.6 Å². The summed E-state index contributed by atoms with van der Waals surface area (Å²) in [6.07, 6.45) is 0. The van der Waals surface area contributed by atoms with Crippen LogP contribution in [-0.2, 0) is 15.3 Å². The molecule has 3 aromatic carbocycles. The van der Waals surface area contributed by atoms with Crippen LogP contribution in [0.3, 0.4) is 0 Å². The number of amides is 4. The van der Waals surface area contributed by atoms with Gasteiger partial charge in [0, 0.05) is 14.7 Å². The predicted molar refractivity (Wildman–Crippen MR) is 151 cm³/mol. The zero-order chi connectivity index (χ0) is 26.2. The lowest BCUT2D eigenvalue weighted by Crippen LogP contribution is -2.69. The second-order valence-electron chi connectivity index (χ2n) is 8.85. The Kier molecular flexibility index (Phi) is 7.24. The summed E-state index contributed by atoms with van der Waals surface area (Å²) in [6.45, 7) is 2.06. The maximum atomic E-state index is 13.7. The second-order valence-corrected chi connectivity index (χ2v) is 11.6. The minimum atomic E-state index is -1.76. The molecule has 0 saturated carbocycles. The standard InChI is InChI=1S/C27H22Br2N4O3S/c1-15-6-2-3-7-18(15)14-37-26-30-21(16-8-4-10-19(28)12-16)27(23(34)32-25(36)33-24(27)35)22(31-26)17-9-5-11-20(29)13-17/h2-13,21-22H,14H2,1H3,(H,30,31)(H2,32,33,34,35,36)/t21-,22-/m0/s1. The van der Waals surface area contributed by atoms with Crippen LogP contribution in [0.4, 0.5) is 4.79 Å². The molecule has 188 valence electrons. The minimum absolute atomic E-state index is 0.598. The molecule has 2 aliphatic heterocycles. The van der Waals surface area contributed by atoms with Crippen LogP contribution >= 0.6 is 43.6 Å². The molecule has 0 bridgehead atoms. The molecule has 3 aromatic rings. The summed E-state index contributed by atoms with van der Waals surface area (Å²) in [7, 11) is 0. The number of rotatable bonds is 4. The van der Waals surface area contributed by atoms with E-state index in [4.69, 9.17) is 4.99 Å². The van der Waals surface area contributed by atoms with Crippen molar-refractivity contribution < 1.29 is 14.4 Å². The number of aliphatic imine (C=N–C) groups is 1. The summed E-state index contributed by atoms with van der Waals surface area (Å²) in [6, 6.07) is 20.4. The maximum absolute atomic E-state index is 13.7. The molecule has 2 heterocycles. The highest BCUT2D eigenvalue weighted by Crippen LogP contribution is 2.51. The first-order chi connectivity index (χ1) is 17.8. The van der Waals surface area contributed by atoms with Crippen LogP contribution in [0.1, 0.15) is 34.3 Å². The van der Waals surface area contributed by atoms with Crippen molar-refractivity contribution in [2.75, 3.05) is 0 Å². The molecule has 0 aliphatic carbocycles. The molecule has 0 unspecified atom stereocenters. The smallest absolute Gasteiger partial charge is 0.328 e. The lowest BCUT2D eigenvalue weighted by molar-refractivity contribution is -0.149. The summed E-state index contributed by atoms with van der Waals surface area (Å²) < 4.78 is 1.58. The van der Waals surface area contributed by atoms with Gasteiger partial charge in [0.2, 0.25) is 11.8 Å². The molecule has 2 atom stereocenters. The first-order valence-electron chi connectivity index (χ1n) is 11.5. The fraction of sp³-hybridized carbons (Fsp3) is 0.185. The number of barbiturate groups is 1. The maximum Gasteiger partial charge on any atom is 0.328 e. The Balaban J connectivity index is 1.68. The van der Waals surface area contributed by atoms with Crippen molar-refractivity contribution in [3.8, 4) is 0 Å². The van der Waals surface area contributed by atoms with Crippen LogP contribution in [0.25, 0.3) is 0 Å². The number of nitrogens with one attached hydrogen (secondary N) is 3. The number of benzene rings is 3. The van der Waals surface area contributed by atoms with Gasteiger partial charge in [0.15, 0.2) is 10.6 Å². The molecule has 37 heavy (non-hydrogen) atoms. The van der Waals surface area contributed by atoms with Crippen molar-refractivity contribution in [1.82, 2.24) is 16.0 Å². The second kappa shape index (κ2) is 10.4. The molecule has 1 spiro atoms. The fourth-order valence-electron chi connectivity index (χ4n) is 4.75. The summed E-state index contributed by atoms with van der Waals surface area (Å²) in [5.41, 5.74) is 1.94. The Labute approximate surface area is 235 Å². The number of imide groups is 2. The van der Waals surface area contributed by atoms with Crippen molar-refractivity contribution in [2.24, 2.45) is 10.4 Å². The van der Waals surface area contributed by atoms with Gasteiger partial charge in [-0.2, -0.15) is 0 Å². The first-order valence-corrected chi connectivity index (χ1v) is 14.1. The van der Waals surface area contributed by atoms with Crippen LogP contribution < -0.4 is 16.0 Å². The fourth-order valence-corrected chi connectivity index (χ4v) is 6.58. The first kappa shape index (κ1) is 25.7. The topological polar surface area (TPSA) is 99.7 Å². The number of thioether (sulfide) groups is 1. The van der Waals surface area contributed by atoms with Crippen molar-refractivity contribution in [3.05, 3.63) is 104 Å². The number of aryl methyl sites for hydroxylation is 1. The van der Waals surface area contributed by atoms with E-state index in [-0.39, 0.29) is 0 Å². The molecule has 0 aromatic heterocycles. The van der Waals surface area contributed by atoms with Crippen LogP contribution in [0.5, 0.6) is 0 Å². The van der Waals surface area contributed by atoms with E-state index in [2.05, 4.69) is 66.9 Å². The summed E-state index contributed by atoms with van der Waals surface area (Å²) >= 11 is 8.52. The zero-order valence-corrected chi connectivity index (χ0v) is 23.6. The molecule has 4 amide bonds. The van der Waals surface area contributed by atoms with Crippen molar-refractivity contribution in [2.45, 2.75) is 24.8 Å². The normalized spacial score (nSPS) is 20.6. The van der Waals surface area contributed by atoms with Crippen LogP contribution in [0, 0.1) is 12.3 Å². The van der Waals surface area contributed by atoms with Crippen LogP contribution in [0.15, 0.2) is 86.7 Å². The van der Waals surface area contributed by atoms with E-state index in [9.17, 15) is 14.4 Å². The SMILES string of the molecule is Cc1ccccc1CSC1=N[C@@H](c2cccc(Br)c2)C2(C(=O)NC(=O)NC2=O)[C@H](c2cccc(Br)c2)N1. The van der Waals surface area contributed by atoms with Crippen LogP contribution in [-0.4, -0.2) is 23.0 Å². The summed E-state index contributed by atoms with van der Waals surface area (Å²) in [4.78, 5) is 44.5. The Bertz CT molecular complexity index is 1420. The third-order valence-electron chi connectivity index (χ3n) is 6.58. The highest BCUT2D eigenvalue weighted by molar-refractivity contribution is 9.10. The molecular weight excluding hydrogens is 620 g/mol. The van der Waals surface area contributed by atoms with Gasteiger partial charge in [-0.05, 0) is 53.4 Å². The molecule has 7 nitrogen and oxygen atoms in total. The molecule has 3 N–H and O–H groups in total. The average molecular weight is 642 g/mol. The number of nitrogens with zero attached hydrogens (tertiary/aromatic N) is 1. The molecule has 1 saturated heterocycles. The largest absolute Gasteiger partial charge is 0.356 e. The highest BCUT2D eigenvalue weighted by Gasteiger charge is 2.63. The van der Waals surface area contributed by atoms with E-state index in [1.165, 1.54) is 17.3 Å². The number of carbonyl (C=O) groups excluding carboxylic acids is 3. The Morgan fingerprint density at radius 3 is 2.14 bits per heavy atom. The Morgan fingerprint density at radius 1 is 0.865 bits per heavy atom. The molecular formula is C27H22Br2N4O3S. The van der Waals surface area contributed by atoms with Gasteiger partial charge in [0.25, 0.3) is 0 Å². The van der Waals surface area contributed by atoms with E-state index < -0.39 is 35.3 Å². The van der Waals surface area contributed by atoms with Gasteiger partial charge >= 0.3 is 6.03 Å². The van der Waals surface area contributed by atoms with Gasteiger partial charge in [0.05, 0.1) is 6.04 Å². The quantitative estimate of drug-likeness (QED) is 0.325. The Morgan fingerprint density at radius 2 is 1.49 bits per heavy atom. The third-order valence-corrected chi connectivity index (χ3v) is 8.52. The predicted octanol–water partition coefficient (Wildman–Crippen LogP) is 5.55. The highest BCUT2D eigenvalue weighted by atomic mass is 79.9. The van der Waals surface area contributed by atoms with Crippen molar-refractivity contribution in [3.63, 3.8) is 0 Å². The number of urea groups is 1. The molecule has 5 rings (SSSR count). The number of amidine groups is 1. The van der Waals surface area contributed by atoms with Gasteiger partial charge in [-0.1, -0.05) is 92.2 Å². The van der Waals surface area contributed by atoms with Gasteiger partial charge in [-0.3, -0.25) is 25.2 Å². The van der Waals surface area contributed by atoms with Crippen LogP contribution in [0.2, 0.25) is 0 Å². The molecule has 0 radical (unpaired) electrons. The average Bonchev–Trinajstić information content (AvgIpc) is 2.86. The number of hydrogen-bond donors (Lipinski definition) is 3. The monoisotopic (exact) mass is 640 g/mol. The third kappa shape index (κ3) is 4.85. The van der Waals surface area contributed by atoms with Gasteiger partial charge in [-0.15, -0.1) is 0 Å². The van der Waals surface area contributed by atoms with E-state index in [0.717, 1.165) is 14.5 Å². The number of halogens is 2.